The van der Waals surface area contributed by atoms with Gasteiger partial charge in [-0.25, -0.2) is 4.79 Å². The molecule has 0 fully saturated rings. The molecule has 3 nitrogen and oxygen atoms in total. The summed E-state index contributed by atoms with van der Waals surface area (Å²) in [6.45, 7) is 8.64. The normalized spacial score (nSPS) is 18.2. The van der Waals surface area contributed by atoms with Crippen molar-refractivity contribution in [3.8, 4) is 0 Å². The average Bonchev–Trinajstić information content (AvgIpc) is 2.54. The topological polar surface area (TPSA) is 29.5 Å². The largest absolute Gasteiger partial charge is 0.450 e. The predicted octanol–water partition coefficient (Wildman–Crippen LogP) is 4.43. The Morgan fingerprint density at radius 3 is 2.91 bits per heavy atom. The lowest BCUT2D eigenvalue weighted by atomic mass is 9.88. The number of allylic oxidation sites excluding steroid dienone is 3. The van der Waals surface area contributed by atoms with Crippen LogP contribution < -0.4 is 0 Å². The minimum absolute atomic E-state index is 0.127. The molecule has 1 aliphatic heterocycles. The number of benzene rings is 1. The molecule has 0 saturated carbocycles. The standard InChI is InChI=1S/C19H23NO2/c1-4-9-16(10-5-2)18-17-12-8-7-11-15(17)13-14-20(18)19(21)22-6-3/h4-5,7-12,18H,1,6,13-14H2,2-3H3/b10-5-,16-9+/t18-/m0/s1. The molecule has 1 atom stereocenters. The summed E-state index contributed by atoms with van der Waals surface area (Å²) in [5.74, 6) is 0. The number of rotatable bonds is 4. The van der Waals surface area contributed by atoms with Crippen LogP contribution in [0.2, 0.25) is 0 Å². The molecule has 1 amide bonds. The fourth-order valence-corrected chi connectivity index (χ4v) is 2.90. The fourth-order valence-electron chi connectivity index (χ4n) is 2.90. The summed E-state index contributed by atoms with van der Waals surface area (Å²) >= 11 is 0. The minimum Gasteiger partial charge on any atom is -0.450 e. The highest BCUT2D eigenvalue weighted by Crippen LogP contribution is 2.36. The molecule has 0 aromatic heterocycles. The Kier molecular flexibility index (Phi) is 5.59. The van der Waals surface area contributed by atoms with E-state index < -0.39 is 0 Å². The van der Waals surface area contributed by atoms with Gasteiger partial charge in [0.15, 0.2) is 0 Å². The van der Waals surface area contributed by atoms with E-state index in [1.54, 1.807) is 11.0 Å². The minimum atomic E-state index is -0.263. The molecule has 0 N–H and O–H groups in total. The van der Waals surface area contributed by atoms with Gasteiger partial charge >= 0.3 is 6.09 Å². The Morgan fingerprint density at radius 1 is 1.45 bits per heavy atom. The van der Waals surface area contributed by atoms with Crippen LogP contribution >= 0.6 is 0 Å². The first-order chi connectivity index (χ1) is 10.7. The van der Waals surface area contributed by atoms with Crippen LogP contribution in [0.5, 0.6) is 0 Å². The number of carbonyl (C=O) groups is 1. The first-order valence-electron chi connectivity index (χ1n) is 7.69. The Labute approximate surface area is 132 Å². The van der Waals surface area contributed by atoms with Gasteiger partial charge in [0.05, 0.1) is 12.6 Å². The Balaban J connectivity index is 2.50. The van der Waals surface area contributed by atoms with Crippen LogP contribution in [0.25, 0.3) is 0 Å². The van der Waals surface area contributed by atoms with E-state index >= 15 is 0 Å². The monoisotopic (exact) mass is 297 g/mol. The maximum Gasteiger partial charge on any atom is 0.410 e. The van der Waals surface area contributed by atoms with Gasteiger partial charge in [-0.2, -0.15) is 0 Å². The molecule has 0 radical (unpaired) electrons. The van der Waals surface area contributed by atoms with Gasteiger partial charge in [-0.3, -0.25) is 4.90 Å². The predicted molar refractivity (Wildman–Crippen MR) is 89.7 cm³/mol. The average molecular weight is 297 g/mol. The summed E-state index contributed by atoms with van der Waals surface area (Å²) in [5, 5.41) is 0. The van der Waals surface area contributed by atoms with Crippen LogP contribution in [-0.2, 0) is 11.2 Å². The third-order valence-electron chi connectivity index (χ3n) is 3.77. The molecular weight excluding hydrogens is 274 g/mol. The van der Waals surface area contributed by atoms with Crippen LogP contribution in [0.3, 0.4) is 0 Å². The molecule has 2 rings (SSSR count). The van der Waals surface area contributed by atoms with Crippen molar-refractivity contribution >= 4 is 6.09 Å². The first kappa shape index (κ1) is 16.1. The maximum atomic E-state index is 12.4. The number of nitrogens with zero attached hydrogens (tertiary/aromatic N) is 1. The number of hydrogen-bond acceptors (Lipinski definition) is 2. The molecule has 1 aliphatic rings. The highest BCUT2D eigenvalue weighted by Gasteiger charge is 2.32. The van der Waals surface area contributed by atoms with Crippen molar-refractivity contribution in [3.05, 3.63) is 71.8 Å². The molecule has 1 heterocycles. The molecular formula is C19H23NO2. The zero-order valence-electron chi connectivity index (χ0n) is 13.3. The van der Waals surface area contributed by atoms with Crippen molar-refractivity contribution in [2.75, 3.05) is 13.2 Å². The number of hydrogen-bond donors (Lipinski definition) is 0. The van der Waals surface area contributed by atoms with Crippen molar-refractivity contribution in [3.63, 3.8) is 0 Å². The number of ether oxygens (including phenoxy) is 1. The number of fused-ring (bicyclic) bond motifs is 1. The summed E-state index contributed by atoms with van der Waals surface area (Å²) in [6, 6.07) is 8.15. The lowest BCUT2D eigenvalue weighted by Gasteiger charge is -2.37. The quantitative estimate of drug-likeness (QED) is 0.769. The molecule has 116 valence electrons. The number of carbonyl (C=O) groups excluding carboxylic acids is 1. The second-order valence-corrected chi connectivity index (χ2v) is 5.15. The van der Waals surface area contributed by atoms with E-state index in [0.29, 0.717) is 13.2 Å². The van der Waals surface area contributed by atoms with Gasteiger partial charge in [0, 0.05) is 6.54 Å². The molecule has 3 heteroatoms. The zero-order chi connectivity index (χ0) is 15.9. The lowest BCUT2D eigenvalue weighted by Crippen LogP contribution is -2.41. The molecule has 22 heavy (non-hydrogen) atoms. The molecule has 1 aromatic carbocycles. The van der Waals surface area contributed by atoms with Crippen LogP contribution in [0.4, 0.5) is 4.79 Å². The van der Waals surface area contributed by atoms with Gasteiger partial charge in [0.25, 0.3) is 0 Å². The van der Waals surface area contributed by atoms with Gasteiger partial charge in [0.2, 0.25) is 0 Å². The van der Waals surface area contributed by atoms with Crippen molar-refractivity contribution in [1.82, 2.24) is 4.90 Å². The third-order valence-corrected chi connectivity index (χ3v) is 3.77. The third kappa shape index (κ3) is 3.30. The van der Waals surface area contributed by atoms with Crippen molar-refractivity contribution < 1.29 is 9.53 Å². The first-order valence-corrected chi connectivity index (χ1v) is 7.69. The Bertz CT molecular complexity index is 601. The van der Waals surface area contributed by atoms with Crippen molar-refractivity contribution in [2.45, 2.75) is 26.3 Å². The summed E-state index contributed by atoms with van der Waals surface area (Å²) in [7, 11) is 0. The van der Waals surface area contributed by atoms with E-state index in [1.165, 1.54) is 5.56 Å². The maximum absolute atomic E-state index is 12.4. The van der Waals surface area contributed by atoms with Crippen molar-refractivity contribution in [2.24, 2.45) is 0 Å². The van der Waals surface area contributed by atoms with Gasteiger partial charge in [0.1, 0.15) is 0 Å². The van der Waals surface area contributed by atoms with E-state index in [-0.39, 0.29) is 12.1 Å². The van der Waals surface area contributed by atoms with Crippen LogP contribution in [0.15, 0.2) is 60.7 Å². The molecule has 0 unspecified atom stereocenters. The van der Waals surface area contributed by atoms with Gasteiger partial charge in [-0.15, -0.1) is 0 Å². The highest BCUT2D eigenvalue weighted by molar-refractivity contribution is 5.70. The fraction of sp³-hybridized carbons (Fsp3) is 0.316. The van der Waals surface area contributed by atoms with Crippen LogP contribution in [0, 0.1) is 0 Å². The smallest absolute Gasteiger partial charge is 0.410 e. The summed E-state index contributed by atoms with van der Waals surface area (Å²) in [4.78, 5) is 14.2. The second-order valence-electron chi connectivity index (χ2n) is 5.15. The highest BCUT2D eigenvalue weighted by atomic mass is 16.6. The molecule has 0 bridgehead atoms. The van der Waals surface area contributed by atoms with Crippen LogP contribution in [0.1, 0.15) is 31.0 Å². The summed E-state index contributed by atoms with van der Waals surface area (Å²) in [6.07, 6.45) is 8.31. The van der Waals surface area contributed by atoms with E-state index in [1.807, 2.05) is 44.2 Å². The van der Waals surface area contributed by atoms with E-state index in [9.17, 15) is 4.79 Å². The molecule has 0 aliphatic carbocycles. The number of amides is 1. The van der Waals surface area contributed by atoms with Gasteiger partial charge < -0.3 is 4.74 Å². The lowest BCUT2D eigenvalue weighted by molar-refractivity contribution is 0.0936. The van der Waals surface area contributed by atoms with Gasteiger partial charge in [-0.1, -0.05) is 55.1 Å². The Hall–Kier alpha value is -2.29. The van der Waals surface area contributed by atoms with Crippen LogP contribution in [-0.4, -0.2) is 24.1 Å². The Morgan fingerprint density at radius 2 is 2.23 bits per heavy atom. The molecule has 0 spiro atoms. The van der Waals surface area contributed by atoms with E-state index in [4.69, 9.17) is 4.74 Å². The summed E-state index contributed by atoms with van der Waals surface area (Å²) in [5.41, 5.74) is 3.48. The molecule has 1 aromatic rings. The summed E-state index contributed by atoms with van der Waals surface area (Å²) < 4.78 is 5.24. The van der Waals surface area contributed by atoms with E-state index in [0.717, 1.165) is 17.6 Å². The molecule has 0 saturated heterocycles. The van der Waals surface area contributed by atoms with E-state index in [2.05, 4.69) is 18.7 Å². The SMILES string of the molecule is C=C/C=C(\C=C/C)[C@H]1c2ccccc2CCN1C(=O)OCC. The second kappa shape index (κ2) is 7.64. The zero-order valence-corrected chi connectivity index (χ0v) is 13.3. The van der Waals surface area contributed by atoms with Gasteiger partial charge in [-0.05, 0) is 37.0 Å². The van der Waals surface area contributed by atoms with Crippen molar-refractivity contribution in [1.29, 1.82) is 0 Å².